The molecule has 0 saturated heterocycles. The van der Waals surface area contributed by atoms with Gasteiger partial charge in [0.05, 0.1) is 11.4 Å². The first-order valence-corrected chi connectivity index (χ1v) is 9.04. The van der Waals surface area contributed by atoms with E-state index in [1.165, 1.54) is 23.9 Å². The van der Waals surface area contributed by atoms with Crippen LogP contribution in [0.4, 0.5) is 0 Å². The van der Waals surface area contributed by atoms with E-state index in [-0.39, 0.29) is 23.8 Å². The zero-order valence-electron chi connectivity index (χ0n) is 11.0. The first kappa shape index (κ1) is 16.3. The smallest absolute Gasteiger partial charge is 0.240 e. The van der Waals surface area contributed by atoms with Gasteiger partial charge in [-0.15, -0.1) is 0 Å². The van der Waals surface area contributed by atoms with Gasteiger partial charge in [-0.1, -0.05) is 29.4 Å². The minimum absolute atomic E-state index is 0.0125. The average molecular weight is 348 g/mol. The number of sulfonamides is 1. The van der Waals surface area contributed by atoms with Gasteiger partial charge in [0, 0.05) is 23.7 Å². The summed E-state index contributed by atoms with van der Waals surface area (Å²) in [5.74, 6) is 0.591. The molecule has 1 aromatic rings. The zero-order valence-corrected chi connectivity index (χ0v) is 13.4. The lowest BCUT2D eigenvalue weighted by Crippen LogP contribution is -2.32. The second-order valence-corrected chi connectivity index (χ2v) is 7.48. The number of hydrogen-bond donors (Lipinski definition) is 2. The molecule has 1 aromatic carbocycles. The third-order valence-electron chi connectivity index (χ3n) is 2.58. The average Bonchev–Trinajstić information content (AvgIpc) is 2.91. The van der Waals surface area contributed by atoms with Crippen LogP contribution in [-0.2, 0) is 14.8 Å². The van der Waals surface area contributed by atoms with Crippen molar-refractivity contribution in [2.75, 3.05) is 18.8 Å². The summed E-state index contributed by atoms with van der Waals surface area (Å²) in [6, 6.07) is 5.94. The largest absolute Gasteiger partial charge is 0.305 e. The first-order valence-electron chi connectivity index (χ1n) is 6.20. The summed E-state index contributed by atoms with van der Waals surface area (Å²) >= 11 is 7.23. The summed E-state index contributed by atoms with van der Waals surface area (Å²) in [7, 11) is -3.66. The summed E-state index contributed by atoms with van der Waals surface area (Å²) in [6.45, 7) is 0.709. The molecule has 1 amide bonds. The molecule has 0 aliphatic carbocycles. The molecular weight excluding hydrogens is 334 g/mol. The molecule has 1 heterocycles. The lowest BCUT2D eigenvalue weighted by Gasteiger charge is -2.07. The first-order chi connectivity index (χ1) is 9.97. The van der Waals surface area contributed by atoms with Gasteiger partial charge >= 0.3 is 0 Å². The van der Waals surface area contributed by atoms with Crippen LogP contribution >= 0.6 is 23.4 Å². The predicted octanol–water partition coefficient (Wildman–Crippen LogP) is 1.23. The van der Waals surface area contributed by atoms with Crippen LogP contribution in [0.1, 0.15) is 6.42 Å². The number of carbonyl (C=O) groups excluding carboxylic acids is 1. The number of hydrogen-bond acceptors (Lipinski definition) is 5. The van der Waals surface area contributed by atoms with Crippen molar-refractivity contribution in [1.29, 1.82) is 0 Å². The fourth-order valence-electron chi connectivity index (χ4n) is 1.61. The van der Waals surface area contributed by atoms with Crippen LogP contribution in [-0.4, -0.2) is 38.3 Å². The highest BCUT2D eigenvalue weighted by Crippen LogP contribution is 2.15. The number of carbonyl (C=O) groups is 1. The SMILES string of the molecule is O=C(CCNS(=O)(=O)c1cccc(Cl)c1)NC1=NCCS1. The predicted molar refractivity (Wildman–Crippen MR) is 84.2 cm³/mol. The van der Waals surface area contributed by atoms with Gasteiger partial charge in [-0.25, -0.2) is 13.1 Å². The number of thioether (sulfide) groups is 1. The summed E-state index contributed by atoms with van der Waals surface area (Å²) in [5.41, 5.74) is 0. The second-order valence-electron chi connectivity index (χ2n) is 4.19. The minimum Gasteiger partial charge on any atom is -0.305 e. The number of rotatable bonds is 5. The highest BCUT2D eigenvalue weighted by molar-refractivity contribution is 8.14. The molecule has 1 aliphatic rings. The number of nitrogens with one attached hydrogen (secondary N) is 2. The van der Waals surface area contributed by atoms with Gasteiger partial charge in [0.15, 0.2) is 5.17 Å². The van der Waals surface area contributed by atoms with Gasteiger partial charge in [0.2, 0.25) is 15.9 Å². The van der Waals surface area contributed by atoms with E-state index in [9.17, 15) is 13.2 Å². The number of amides is 1. The number of benzene rings is 1. The summed E-state index contributed by atoms with van der Waals surface area (Å²) in [4.78, 5) is 15.8. The Morgan fingerprint density at radius 2 is 2.24 bits per heavy atom. The zero-order chi connectivity index (χ0) is 15.3. The van der Waals surface area contributed by atoms with E-state index in [1.54, 1.807) is 12.1 Å². The van der Waals surface area contributed by atoms with E-state index in [2.05, 4.69) is 15.0 Å². The van der Waals surface area contributed by atoms with Crippen molar-refractivity contribution in [3.05, 3.63) is 29.3 Å². The standard InChI is InChI=1S/C12H14ClN3O3S2/c13-9-2-1-3-10(8-9)21(18,19)15-5-4-11(17)16-12-14-6-7-20-12/h1-3,8,15H,4-7H2,(H,14,16,17). The van der Waals surface area contributed by atoms with Crippen molar-refractivity contribution < 1.29 is 13.2 Å². The molecule has 0 bridgehead atoms. The maximum absolute atomic E-state index is 12.0. The van der Waals surface area contributed by atoms with Gasteiger partial charge in [0.25, 0.3) is 0 Å². The van der Waals surface area contributed by atoms with Crippen LogP contribution in [0.3, 0.4) is 0 Å². The topological polar surface area (TPSA) is 87.6 Å². The lowest BCUT2D eigenvalue weighted by atomic mass is 10.4. The molecule has 0 aromatic heterocycles. The molecule has 1 aliphatic heterocycles. The quantitative estimate of drug-likeness (QED) is 0.838. The molecule has 0 fully saturated rings. The Labute approximate surface area is 132 Å². The van der Waals surface area contributed by atoms with Crippen LogP contribution in [0.2, 0.25) is 5.02 Å². The highest BCUT2D eigenvalue weighted by Gasteiger charge is 2.15. The van der Waals surface area contributed by atoms with Crippen LogP contribution in [0.15, 0.2) is 34.2 Å². The Morgan fingerprint density at radius 1 is 1.43 bits per heavy atom. The maximum atomic E-state index is 12.0. The lowest BCUT2D eigenvalue weighted by molar-refractivity contribution is -0.119. The van der Waals surface area contributed by atoms with Crippen LogP contribution in [0, 0.1) is 0 Å². The number of amidine groups is 1. The van der Waals surface area contributed by atoms with Crippen LogP contribution < -0.4 is 10.0 Å². The van der Waals surface area contributed by atoms with E-state index in [0.717, 1.165) is 5.75 Å². The highest BCUT2D eigenvalue weighted by atomic mass is 35.5. The normalized spacial score (nSPS) is 14.8. The molecule has 2 N–H and O–H groups in total. The number of aliphatic imine (C=N–C) groups is 1. The van der Waals surface area contributed by atoms with Crippen molar-refractivity contribution in [3.63, 3.8) is 0 Å². The Bertz CT molecular complexity index is 661. The third-order valence-corrected chi connectivity index (χ3v) is 5.17. The van der Waals surface area contributed by atoms with E-state index in [0.29, 0.717) is 16.7 Å². The molecule has 114 valence electrons. The molecule has 0 unspecified atom stereocenters. The Hall–Kier alpha value is -1.09. The van der Waals surface area contributed by atoms with E-state index >= 15 is 0 Å². The van der Waals surface area contributed by atoms with Gasteiger partial charge in [-0.2, -0.15) is 0 Å². The van der Waals surface area contributed by atoms with Gasteiger partial charge in [-0.05, 0) is 18.2 Å². The summed E-state index contributed by atoms with van der Waals surface area (Å²) in [5, 5.41) is 3.57. The molecule has 0 atom stereocenters. The Kier molecular flexibility index (Phi) is 5.63. The Balaban J connectivity index is 1.83. The molecule has 6 nitrogen and oxygen atoms in total. The fraction of sp³-hybridized carbons (Fsp3) is 0.333. The van der Waals surface area contributed by atoms with Crippen molar-refractivity contribution in [1.82, 2.24) is 10.0 Å². The summed E-state index contributed by atoms with van der Waals surface area (Å²) in [6.07, 6.45) is 0.0410. The van der Waals surface area contributed by atoms with Crippen molar-refractivity contribution >= 4 is 44.5 Å². The maximum Gasteiger partial charge on any atom is 0.240 e. The van der Waals surface area contributed by atoms with Crippen molar-refractivity contribution in [2.24, 2.45) is 4.99 Å². The van der Waals surface area contributed by atoms with Gasteiger partial charge in [0.1, 0.15) is 0 Å². The molecule has 2 rings (SSSR count). The van der Waals surface area contributed by atoms with Gasteiger partial charge in [-0.3, -0.25) is 9.79 Å². The molecule has 9 heteroatoms. The molecule has 0 saturated carbocycles. The van der Waals surface area contributed by atoms with Gasteiger partial charge < -0.3 is 5.32 Å². The third kappa shape index (κ3) is 4.99. The molecule has 0 spiro atoms. The van der Waals surface area contributed by atoms with Crippen molar-refractivity contribution in [3.8, 4) is 0 Å². The van der Waals surface area contributed by atoms with E-state index < -0.39 is 10.0 Å². The van der Waals surface area contributed by atoms with Crippen molar-refractivity contribution in [2.45, 2.75) is 11.3 Å². The second kappa shape index (κ2) is 7.26. The van der Waals surface area contributed by atoms with Crippen LogP contribution in [0.25, 0.3) is 0 Å². The number of halogens is 1. The molecular formula is C12H14ClN3O3S2. The Morgan fingerprint density at radius 3 is 2.90 bits per heavy atom. The summed E-state index contributed by atoms with van der Waals surface area (Å²) < 4.78 is 26.3. The monoisotopic (exact) mass is 347 g/mol. The number of nitrogens with zero attached hydrogens (tertiary/aromatic N) is 1. The van der Waals surface area contributed by atoms with E-state index in [4.69, 9.17) is 11.6 Å². The molecule has 21 heavy (non-hydrogen) atoms. The van der Waals surface area contributed by atoms with Crippen LogP contribution in [0.5, 0.6) is 0 Å². The van der Waals surface area contributed by atoms with E-state index in [1.807, 2.05) is 0 Å². The minimum atomic E-state index is -3.66. The fourth-order valence-corrected chi connectivity index (χ4v) is 3.69. The molecule has 0 radical (unpaired) electrons.